The molecule has 0 spiro atoms. The molecular formula is C28H30N3O8+. The smallest absolute Gasteiger partial charge is 0.295 e. The number of carbonyl (C=O) groups is 2. The molecule has 2 aliphatic heterocycles. The summed E-state index contributed by atoms with van der Waals surface area (Å²) in [6, 6.07) is 7.37. The van der Waals surface area contributed by atoms with Gasteiger partial charge in [-0.3, -0.25) is 14.6 Å². The number of aliphatic hydroxyl groups excluding tert-OH is 1. The van der Waals surface area contributed by atoms with Crippen molar-refractivity contribution in [3.8, 4) is 28.7 Å². The Hall–Kier alpha value is -4.67. The number of likely N-dealkylation sites (tertiary alicyclic amines) is 1. The van der Waals surface area contributed by atoms with E-state index in [4.69, 9.17) is 23.7 Å². The molecule has 2 aromatic carbocycles. The van der Waals surface area contributed by atoms with Gasteiger partial charge in [-0.25, -0.2) is 4.57 Å². The van der Waals surface area contributed by atoms with E-state index < -0.39 is 17.7 Å². The highest BCUT2D eigenvalue weighted by Crippen LogP contribution is 2.46. The molecule has 1 saturated heterocycles. The minimum atomic E-state index is -0.900. The molecule has 1 aromatic heterocycles. The number of nitrogens with zero attached hydrogens (tertiary/aromatic N) is 2. The van der Waals surface area contributed by atoms with Gasteiger partial charge in [0.1, 0.15) is 31.4 Å². The maximum Gasteiger partial charge on any atom is 0.295 e. The molecule has 0 bridgehead atoms. The van der Waals surface area contributed by atoms with Gasteiger partial charge in [0.05, 0.1) is 39.5 Å². The first-order valence-electron chi connectivity index (χ1n) is 12.5. The lowest BCUT2D eigenvalue weighted by Gasteiger charge is -2.26. The monoisotopic (exact) mass is 536 g/mol. The van der Waals surface area contributed by atoms with Crippen molar-refractivity contribution in [3.63, 3.8) is 0 Å². The highest BCUT2D eigenvalue weighted by Gasteiger charge is 2.46. The summed E-state index contributed by atoms with van der Waals surface area (Å²) < 4.78 is 29.7. The van der Waals surface area contributed by atoms with Crippen LogP contribution in [0.25, 0.3) is 5.76 Å². The van der Waals surface area contributed by atoms with Crippen LogP contribution in [0.1, 0.15) is 23.6 Å². The van der Waals surface area contributed by atoms with Gasteiger partial charge in [0.2, 0.25) is 12.1 Å². The van der Waals surface area contributed by atoms with Crippen molar-refractivity contribution in [2.75, 3.05) is 41.1 Å². The molecule has 11 nitrogen and oxygen atoms in total. The van der Waals surface area contributed by atoms with E-state index >= 15 is 0 Å². The molecule has 0 saturated carbocycles. The van der Waals surface area contributed by atoms with E-state index in [1.165, 1.54) is 26.2 Å². The molecule has 2 N–H and O–H groups in total. The lowest BCUT2D eigenvalue weighted by atomic mass is 9.94. The van der Waals surface area contributed by atoms with E-state index in [0.29, 0.717) is 66.1 Å². The molecule has 2 aliphatic rings. The summed E-state index contributed by atoms with van der Waals surface area (Å²) in [5, 5.41) is 11.5. The summed E-state index contributed by atoms with van der Waals surface area (Å²) in [5.74, 6) is 0.290. The molecule has 11 heteroatoms. The minimum Gasteiger partial charge on any atom is -0.507 e. The predicted octanol–water partition coefficient (Wildman–Crippen LogP) is 2.61. The highest BCUT2D eigenvalue weighted by molar-refractivity contribution is 6.46. The Balaban J connectivity index is 1.61. The van der Waals surface area contributed by atoms with Gasteiger partial charge in [0.25, 0.3) is 11.7 Å². The maximum atomic E-state index is 13.5. The number of ketones is 1. The molecule has 5 rings (SSSR count). The Morgan fingerprint density at radius 1 is 1.05 bits per heavy atom. The second-order valence-corrected chi connectivity index (χ2v) is 9.01. The Labute approximate surface area is 225 Å². The molecule has 39 heavy (non-hydrogen) atoms. The summed E-state index contributed by atoms with van der Waals surface area (Å²) in [6.07, 6.45) is 6.06. The van der Waals surface area contributed by atoms with Crippen LogP contribution in [0.15, 0.2) is 54.6 Å². The average molecular weight is 537 g/mol. The molecule has 204 valence electrons. The predicted molar refractivity (Wildman–Crippen MR) is 138 cm³/mol. The third-order valence-corrected chi connectivity index (χ3v) is 6.78. The van der Waals surface area contributed by atoms with E-state index in [0.717, 1.165) is 0 Å². The van der Waals surface area contributed by atoms with Crippen LogP contribution in [0.3, 0.4) is 0 Å². The van der Waals surface area contributed by atoms with Crippen molar-refractivity contribution in [1.29, 1.82) is 0 Å². The summed E-state index contributed by atoms with van der Waals surface area (Å²) in [7, 11) is 4.47. The molecule has 1 atom stereocenters. The fourth-order valence-corrected chi connectivity index (χ4v) is 4.95. The number of aromatic amines is 1. The number of hydrogen-bond donors (Lipinski definition) is 2. The van der Waals surface area contributed by atoms with Crippen LogP contribution >= 0.6 is 0 Å². The van der Waals surface area contributed by atoms with Crippen molar-refractivity contribution in [2.45, 2.75) is 19.0 Å². The second kappa shape index (κ2) is 11.0. The van der Waals surface area contributed by atoms with Crippen LogP contribution in [0.2, 0.25) is 0 Å². The number of Topliss-reactive ketones (excluding diaryl/α,β-unsaturated/α-hetero) is 1. The van der Waals surface area contributed by atoms with E-state index in [1.807, 2.05) is 17.1 Å². The van der Waals surface area contributed by atoms with Crippen LogP contribution in [-0.2, 0) is 16.1 Å². The number of fused-ring (bicyclic) bond motifs is 1. The van der Waals surface area contributed by atoms with Crippen LogP contribution in [0, 0.1) is 0 Å². The van der Waals surface area contributed by atoms with Crippen molar-refractivity contribution in [1.82, 2.24) is 9.88 Å². The maximum absolute atomic E-state index is 13.5. The van der Waals surface area contributed by atoms with Gasteiger partial charge in [0.15, 0.2) is 23.0 Å². The Bertz CT molecular complexity index is 1390. The van der Waals surface area contributed by atoms with Gasteiger partial charge >= 0.3 is 0 Å². The van der Waals surface area contributed by atoms with Gasteiger partial charge in [-0.2, -0.15) is 0 Å². The van der Waals surface area contributed by atoms with Crippen LogP contribution in [-0.4, -0.2) is 67.8 Å². The number of ether oxygens (including phenoxy) is 5. The number of rotatable bonds is 9. The summed E-state index contributed by atoms with van der Waals surface area (Å²) in [4.78, 5) is 31.3. The lowest BCUT2D eigenvalue weighted by Crippen LogP contribution is -2.36. The lowest BCUT2D eigenvalue weighted by molar-refractivity contribution is -0.695. The number of hydrogen-bond acceptors (Lipinski definition) is 8. The first-order valence-corrected chi connectivity index (χ1v) is 12.5. The van der Waals surface area contributed by atoms with Gasteiger partial charge in [-0.1, -0.05) is 0 Å². The minimum absolute atomic E-state index is 0.0414. The van der Waals surface area contributed by atoms with Crippen molar-refractivity contribution < 1.29 is 42.9 Å². The molecular weight excluding hydrogens is 506 g/mol. The quantitative estimate of drug-likeness (QED) is 0.185. The Kier molecular flexibility index (Phi) is 7.31. The Morgan fingerprint density at radius 2 is 1.77 bits per heavy atom. The number of aliphatic hydroxyl groups is 1. The average Bonchev–Trinajstić information content (AvgIpc) is 3.58. The second-order valence-electron chi connectivity index (χ2n) is 9.01. The molecule has 1 unspecified atom stereocenters. The number of nitrogens with one attached hydrogen (secondary N) is 1. The first kappa shape index (κ1) is 26.0. The van der Waals surface area contributed by atoms with Crippen molar-refractivity contribution in [2.24, 2.45) is 0 Å². The molecule has 1 fully saturated rings. The number of aryl methyl sites for hydroxylation is 1. The van der Waals surface area contributed by atoms with E-state index in [1.54, 1.807) is 36.5 Å². The highest BCUT2D eigenvalue weighted by atomic mass is 16.6. The van der Waals surface area contributed by atoms with E-state index in [-0.39, 0.29) is 17.9 Å². The van der Waals surface area contributed by atoms with Crippen LogP contribution in [0.5, 0.6) is 28.7 Å². The van der Waals surface area contributed by atoms with Gasteiger partial charge < -0.3 is 33.7 Å². The summed E-state index contributed by atoms with van der Waals surface area (Å²) >= 11 is 0. The molecule has 1 amide bonds. The van der Waals surface area contributed by atoms with Gasteiger partial charge in [-0.15, -0.1) is 0 Å². The zero-order valence-electron chi connectivity index (χ0n) is 21.9. The van der Waals surface area contributed by atoms with E-state index in [2.05, 4.69) is 4.98 Å². The number of H-pyrrole nitrogens is 1. The number of carbonyl (C=O) groups excluding carboxylic acids is 2. The zero-order chi connectivity index (χ0) is 27.5. The number of benzene rings is 2. The van der Waals surface area contributed by atoms with Gasteiger partial charge in [0, 0.05) is 18.5 Å². The van der Waals surface area contributed by atoms with Crippen LogP contribution in [0.4, 0.5) is 0 Å². The molecule has 0 aliphatic carbocycles. The van der Waals surface area contributed by atoms with Gasteiger partial charge in [-0.05, 0) is 35.9 Å². The number of methoxy groups -OCH3 is 3. The zero-order valence-corrected chi connectivity index (χ0v) is 21.9. The topological polar surface area (TPSA) is 123 Å². The summed E-state index contributed by atoms with van der Waals surface area (Å²) in [6.45, 7) is 1.68. The Morgan fingerprint density at radius 3 is 2.41 bits per heavy atom. The standard InChI is InChI=1S/C28H29N3O8/c1-35-21-14-18(15-22(36-2)27(21)37-3)24-23(25(32)17-5-6-19-20(13-17)39-12-11-38-19)26(33)28(34)31(24)9-4-8-30-10-7-29-16-30/h5-7,10,13-16,24H,4,8-9,11-12H2,1-3H3,(H,32,33)/p+1. The van der Waals surface area contributed by atoms with Crippen molar-refractivity contribution >= 4 is 17.4 Å². The molecule has 3 heterocycles. The molecule has 0 radical (unpaired) electrons. The normalized spacial score (nSPS) is 17.8. The van der Waals surface area contributed by atoms with E-state index in [9.17, 15) is 14.7 Å². The first-order chi connectivity index (χ1) is 19.0. The fourth-order valence-electron chi connectivity index (χ4n) is 4.95. The molecule has 3 aromatic rings. The summed E-state index contributed by atoms with van der Waals surface area (Å²) in [5.41, 5.74) is 0.815. The number of aromatic nitrogens is 2. The van der Waals surface area contributed by atoms with Crippen LogP contribution < -0.4 is 28.3 Å². The number of imidazole rings is 1. The third kappa shape index (κ3) is 4.83. The van der Waals surface area contributed by atoms with Crippen molar-refractivity contribution in [3.05, 3.63) is 65.8 Å². The fraction of sp³-hybridized carbons (Fsp3) is 0.321. The third-order valence-electron chi connectivity index (χ3n) is 6.78. The largest absolute Gasteiger partial charge is 0.507 e. The number of amides is 1. The SMILES string of the molecule is COc1cc(C2/C(=C(\O)c3ccc4c(c3)OCCO4)C(=O)C(=O)N2CCC[n+]2cc[nH]c2)cc(OC)c1OC.